The van der Waals surface area contributed by atoms with E-state index in [4.69, 9.17) is 11.1 Å². The second-order valence-electron chi connectivity index (χ2n) is 8.94. The number of nitrogens with two attached hydrogens (primary N) is 1. The monoisotopic (exact) mass is 413 g/mol. The molecule has 30 heavy (non-hydrogen) atoms. The van der Waals surface area contributed by atoms with Crippen LogP contribution in [0.15, 0.2) is 24.5 Å². The van der Waals surface area contributed by atoms with E-state index >= 15 is 0 Å². The van der Waals surface area contributed by atoms with E-state index in [1.54, 1.807) is 31.6 Å². The Morgan fingerprint density at radius 1 is 1.27 bits per heavy atom. The van der Waals surface area contributed by atoms with Crippen LogP contribution in [0.3, 0.4) is 0 Å². The maximum absolute atomic E-state index is 13.0. The number of amides is 2. The van der Waals surface area contributed by atoms with Crippen LogP contribution in [0.4, 0.5) is 0 Å². The lowest BCUT2D eigenvalue weighted by Crippen LogP contribution is -2.42. The summed E-state index contributed by atoms with van der Waals surface area (Å²) in [5, 5.41) is 7.64. The Labute approximate surface area is 179 Å². The molecule has 0 radical (unpaired) electrons. The van der Waals surface area contributed by atoms with Crippen LogP contribution in [0.1, 0.15) is 68.1 Å². The summed E-state index contributed by atoms with van der Waals surface area (Å²) < 4.78 is 0. The van der Waals surface area contributed by atoms with Gasteiger partial charge in [0.2, 0.25) is 5.91 Å². The molecule has 1 saturated carbocycles. The minimum atomic E-state index is -0.206. The normalized spacial score (nSPS) is 20.7. The molecule has 1 aliphatic heterocycles. The number of pyridine rings is 1. The second kappa shape index (κ2) is 10.5. The minimum absolute atomic E-state index is 0.0107. The van der Waals surface area contributed by atoms with Crippen LogP contribution >= 0.6 is 0 Å². The van der Waals surface area contributed by atoms with Crippen molar-refractivity contribution in [1.82, 2.24) is 14.8 Å². The Bertz CT molecular complexity index is 732. The summed E-state index contributed by atoms with van der Waals surface area (Å²) in [5.74, 6) is 0.615. The van der Waals surface area contributed by atoms with Crippen LogP contribution in [-0.2, 0) is 4.79 Å². The first-order valence-corrected chi connectivity index (χ1v) is 11.3. The van der Waals surface area contributed by atoms with E-state index in [-0.39, 0.29) is 23.7 Å². The fourth-order valence-electron chi connectivity index (χ4n) is 4.93. The van der Waals surface area contributed by atoms with Gasteiger partial charge in [-0.25, -0.2) is 0 Å². The van der Waals surface area contributed by atoms with Crippen LogP contribution in [0.25, 0.3) is 0 Å². The molecule has 7 heteroatoms. The smallest absolute Gasteiger partial charge is 0.255 e. The predicted molar refractivity (Wildman–Crippen MR) is 117 cm³/mol. The molecule has 1 aromatic heterocycles. The van der Waals surface area contributed by atoms with E-state index in [2.05, 4.69) is 4.98 Å². The number of carbonyl (C=O) groups excluding carboxylic acids is 2. The van der Waals surface area contributed by atoms with E-state index in [1.807, 2.05) is 4.90 Å². The molecule has 3 rings (SSSR count). The molecule has 7 nitrogen and oxygen atoms in total. The Balaban J connectivity index is 1.59. The number of hydrogen-bond donors (Lipinski definition) is 2. The van der Waals surface area contributed by atoms with Crippen LogP contribution < -0.4 is 5.73 Å². The molecule has 164 valence electrons. The molecule has 1 aromatic rings. The highest BCUT2D eigenvalue weighted by atomic mass is 16.2. The van der Waals surface area contributed by atoms with E-state index in [9.17, 15) is 9.59 Å². The predicted octanol–water partition coefficient (Wildman–Crippen LogP) is 3.26. The first kappa shape index (κ1) is 22.2. The number of guanidine groups is 1. The number of carbonyl (C=O) groups is 2. The van der Waals surface area contributed by atoms with Crippen LogP contribution in [0.2, 0.25) is 0 Å². The van der Waals surface area contributed by atoms with Gasteiger partial charge in [-0.1, -0.05) is 32.1 Å². The van der Waals surface area contributed by atoms with E-state index < -0.39 is 0 Å². The van der Waals surface area contributed by atoms with Crippen molar-refractivity contribution in [3.8, 4) is 0 Å². The van der Waals surface area contributed by atoms with Gasteiger partial charge in [0.25, 0.3) is 5.91 Å². The Morgan fingerprint density at radius 3 is 2.70 bits per heavy atom. The van der Waals surface area contributed by atoms with Crippen molar-refractivity contribution >= 4 is 17.8 Å². The molecular formula is C23H35N5O2. The number of aromatic nitrogens is 1. The van der Waals surface area contributed by atoms with Gasteiger partial charge < -0.3 is 10.6 Å². The molecule has 2 atom stereocenters. The first-order valence-electron chi connectivity index (χ1n) is 11.3. The SMILES string of the molecule is CN(C(=N)N)C(=O)[C@H](CCC1CCCCC1)CC1CCN(C(=O)c2cccnc2)C1. The summed E-state index contributed by atoms with van der Waals surface area (Å²) >= 11 is 0. The molecule has 3 N–H and O–H groups in total. The maximum Gasteiger partial charge on any atom is 0.255 e. The average Bonchev–Trinajstić information content (AvgIpc) is 3.25. The van der Waals surface area contributed by atoms with E-state index in [0.29, 0.717) is 30.5 Å². The fourth-order valence-corrected chi connectivity index (χ4v) is 4.93. The molecule has 1 unspecified atom stereocenters. The zero-order valence-electron chi connectivity index (χ0n) is 18.1. The fraction of sp³-hybridized carbons (Fsp3) is 0.652. The molecule has 0 bridgehead atoms. The topological polar surface area (TPSA) is 103 Å². The Kier molecular flexibility index (Phi) is 7.82. The summed E-state index contributed by atoms with van der Waals surface area (Å²) in [6, 6.07) is 3.57. The van der Waals surface area contributed by atoms with E-state index in [1.165, 1.54) is 37.0 Å². The lowest BCUT2D eigenvalue weighted by molar-refractivity contribution is -0.131. The molecule has 1 saturated heterocycles. The summed E-state index contributed by atoms with van der Waals surface area (Å²) in [6.45, 7) is 1.38. The molecule has 2 amide bonds. The molecule has 1 aliphatic carbocycles. The quantitative estimate of drug-likeness (QED) is 0.529. The second-order valence-corrected chi connectivity index (χ2v) is 8.94. The molecule has 2 heterocycles. The third kappa shape index (κ3) is 5.80. The molecule has 0 aromatic carbocycles. The summed E-state index contributed by atoms with van der Waals surface area (Å²) in [4.78, 5) is 32.9. The standard InChI is InChI=1S/C23H35N5O2/c1-27(23(24)25)21(29)19(10-9-17-6-3-2-4-7-17)14-18-11-13-28(16-18)22(30)20-8-5-12-26-15-20/h5,8,12,15,17-19H,2-4,6-7,9-11,13-14,16H2,1H3,(H3,24,25)/t18?,19-/m1/s1. The zero-order chi connectivity index (χ0) is 21.5. The van der Waals surface area contributed by atoms with Gasteiger partial charge in [0, 0.05) is 38.4 Å². The minimum Gasteiger partial charge on any atom is -0.370 e. The lowest BCUT2D eigenvalue weighted by Gasteiger charge is -2.27. The van der Waals surface area contributed by atoms with Crippen LogP contribution in [0.5, 0.6) is 0 Å². The number of likely N-dealkylation sites (tertiary alicyclic amines) is 1. The maximum atomic E-state index is 13.0. The highest BCUT2D eigenvalue weighted by Crippen LogP contribution is 2.32. The van der Waals surface area contributed by atoms with Crippen LogP contribution in [-0.4, -0.2) is 52.7 Å². The van der Waals surface area contributed by atoms with Gasteiger partial charge in [-0.15, -0.1) is 0 Å². The number of hydrogen-bond acceptors (Lipinski definition) is 4. The van der Waals surface area contributed by atoms with Gasteiger partial charge in [-0.2, -0.15) is 0 Å². The highest BCUT2D eigenvalue weighted by molar-refractivity contribution is 5.95. The summed E-state index contributed by atoms with van der Waals surface area (Å²) in [7, 11) is 1.59. The first-order chi connectivity index (χ1) is 14.5. The van der Waals surface area contributed by atoms with Gasteiger partial charge in [-0.3, -0.25) is 24.9 Å². The van der Waals surface area contributed by atoms with Gasteiger partial charge >= 0.3 is 0 Å². The van der Waals surface area contributed by atoms with E-state index in [0.717, 1.165) is 25.7 Å². The van der Waals surface area contributed by atoms with Gasteiger partial charge in [0.05, 0.1) is 5.56 Å². The molecule has 2 aliphatic rings. The van der Waals surface area contributed by atoms with Gasteiger partial charge in [0.15, 0.2) is 5.96 Å². The third-order valence-corrected chi connectivity index (χ3v) is 6.79. The largest absolute Gasteiger partial charge is 0.370 e. The Morgan fingerprint density at radius 2 is 2.03 bits per heavy atom. The molecule has 2 fully saturated rings. The lowest BCUT2D eigenvalue weighted by atomic mass is 9.81. The number of nitrogens with zero attached hydrogens (tertiary/aromatic N) is 3. The zero-order valence-corrected chi connectivity index (χ0v) is 18.1. The van der Waals surface area contributed by atoms with Gasteiger partial charge in [0.1, 0.15) is 0 Å². The third-order valence-electron chi connectivity index (χ3n) is 6.79. The number of rotatable bonds is 7. The van der Waals surface area contributed by atoms with Crippen molar-refractivity contribution in [1.29, 1.82) is 5.41 Å². The summed E-state index contributed by atoms with van der Waals surface area (Å²) in [6.07, 6.45) is 13.3. The van der Waals surface area contributed by atoms with Crippen molar-refractivity contribution in [3.05, 3.63) is 30.1 Å². The molecule has 0 spiro atoms. The van der Waals surface area contributed by atoms with Gasteiger partial charge in [-0.05, 0) is 49.7 Å². The number of nitrogens with one attached hydrogen (secondary N) is 1. The summed E-state index contributed by atoms with van der Waals surface area (Å²) in [5.41, 5.74) is 6.19. The van der Waals surface area contributed by atoms with Crippen molar-refractivity contribution in [2.75, 3.05) is 20.1 Å². The molecular weight excluding hydrogens is 378 g/mol. The van der Waals surface area contributed by atoms with Crippen LogP contribution in [0, 0.1) is 23.2 Å². The van der Waals surface area contributed by atoms with Crippen molar-refractivity contribution < 1.29 is 9.59 Å². The van der Waals surface area contributed by atoms with Crippen molar-refractivity contribution in [2.24, 2.45) is 23.5 Å². The highest BCUT2D eigenvalue weighted by Gasteiger charge is 2.33. The van der Waals surface area contributed by atoms with Crippen molar-refractivity contribution in [3.63, 3.8) is 0 Å². The van der Waals surface area contributed by atoms with Crippen molar-refractivity contribution in [2.45, 2.75) is 57.8 Å². The average molecular weight is 414 g/mol. The Hall–Kier alpha value is -2.44.